The summed E-state index contributed by atoms with van der Waals surface area (Å²) in [5.41, 5.74) is 0.590. The van der Waals surface area contributed by atoms with Crippen molar-refractivity contribution in [3.8, 4) is 5.75 Å². The lowest BCUT2D eigenvalue weighted by molar-refractivity contribution is 0.246. The highest BCUT2D eigenvalue weighted by atomic mass is 19.2. The number of benzene rings is 2. The van der Waals surface area contributed by atoms with Crippen LogP contribution < -0.4 is 10.1 Å². The zero-order valence-corrected chi connectivity index (χ0v) is 10.8. The fourth-order valence-electron chi connectivity index (χ4n) is 2.29. The summed E-state index contributed by atoms with van der Waals surface area (Å²) >= 11 is 0. The molecule has 1 aliphatic heterocycles. The predicted molar refractivity (Wildman–Crippen MR) is 69.3 cm³/mol. The number of hydrogen-bond donors (Lipinski definition) is 1. The van der Waals surface area contributed by atoms with Crippen LogP contribution in [0, 0.1) is 23.3 Å². The Morgan fingerprint density at radius 2 is 1.86 bits per heavy atom. The molecule has 0 aliphatic carbocycles. The number of nitrogens with one attached hydrogen (secondary N) is 1. The van der Waals surface area contributed by atoms with Crippen LogP contribution in [0.25, 0.3) is 0 Å². The smallest absolute Gasteiger partial charge is 0.196 e. The summed E-state index contributed by atoms with van der Waals surface area (Å²) in [6.07, 6.45) is 0.139. The zero-order valence-electron chi connectivity index (χ0n) is 10.8. The number of ether oxygens (including phenoxy) is 1. The highest BCUT2D eigenvalue weighted by Crippen LogP contribution is 2.29. The number of rotatable bonds is 3. The van der Waals surface area contributed by atoms with E-state index in [1.165, 1.54) is 18.2 Å². The Labute approximate surface area is 118 Å². The molecule has 1 aliphatic rings. The number of halogens is 4. The zero-order chi connectivity index (χ0) is 15.0. The van der Waals surface area contributed by atoms with Crippen LogP contribution in [0.4, 0.5) is 23.2 Å². The largest absolute Gasteiger partial charge is 0.488 e. The molecular weight excluding hydrogens is 286 g/mol. The van der Waals surface area contributed by atoms with Gasteiger partial charge in [-0.25, -0.2) is 17.6 Å². The van der Waals surface area contributed by atoms with Gasteiger partial charge >= 0.3 is 0 Å². The van der Waals surface area contributed by atoms with Gasteiger partial charge in [-0.2, -0.15) is 0 Å². The Balaban J connectivity index is 1.66. The topological polar surface area (TPSA) is 21.3 Å². The first-order chi connectivity index (χ1) is 10.0. The summed E-state index contributed by atoms with van der Waals surface area (Å²) in [4.78, 5) is 0. The average Bonchev–Trinajstić information content (AvgIpc) is 2.86. The Hall–Kier alpha value is -2.24. The van der Waals surface area contributed by atoms with Gasteiger partial charge in [-0.1, -0.05) is 0 Å². The molecule has 21 heavy (non-hydrogen) atoms. The summed E-state index contributed by atoms with van der Waals surface area (Å²) in [6, 6.07) is 6.18. The van der Waals surface area contributed by atoms with Crippen molar-refractivity contribution < 1.29 is 22.3 Å². The number of hydrogen-bond acceptors (Lipinski definition) is 2. The molecule has 0 amide bonds. The minimum atomic E-state index is -1.52. The van der Waals surface area contributed by atoms with Crippen LogP contribution >= 0.6 is 0 Å². The van der Waals surface area contributed by atoms with Crippen molar-refractivity contribution in [2.24, 2.45) is 0 Å². The van der Waals surface area contributed by atoms with E-state index in [-0.39, 0.29) is 24.2 Å². The summed E-state index contributed by atoms with van der Waals surface area (Å²) in [6.45, 7) is 0.193. The van der Waals surface area contributed by atoms with Gasteiger partial charge in [0.05, 0.1) is 12.2 Å². The van der Waals surface area contributed by atoms with E-state index in [0.29, 0.717) is 12.2 Å². The monoisotopic (exact) mass is 297 g/mol. The maximum absolute atomic E-state index is 13.5. The van der Waals surface area contributed by atoms with Crippen molar-refractivity contribution in [2.45, 2.75) is 12.5 Å². The van der Waals surface area contributed by atoms with Crippen molar-refractivity contribution in [3.63, 3.8) is 0 Å². The molecule has 2 aromatic rings. The first-order valence-corrected chi connectivity index (χ1v) is 6.37. The van der Waals surface area contributed by atoms with Gasteiger partial charge in [-0.05, 0) is 30.3 Å². The lowest BCUT2D eigenvalue weighted by atomic mass is 10.1. The van der Waals surface area contributed by atoms with Crippen molar-refractivity contribution in [1.29, 1.82) is 0 Å². The first-order valence-electron chi connectivity index (χ1n) is 6.37. The van der Waals surface area contributed by atoms with E-state index in [1.54, 1.807) is 0 Å². The van der Waals surface area contributed by atoms with Gasteiger partial charge in [0.1, 0.15) is 17.7 Å². The molecule has 0 aromatic heterocycles. The number of anilines is 1. The molecule has 110 valence electrons. The van der Waals surface area contributed by atoms with Crippen LogP contribution in [0.1, 0.15) is 5.56 Å². The molecule has 0 saturated heterocycles. The van der Waals surface area contributed by atoms with E-state index < -0.39 is 17.5 Å². The van der Waals surface area contributed by atoms with E-state index in [1.807, 2.05) is 0 Å². The van der Waals surface area contributed by atoms with Gasteiger partial charge in [0.25, 0.3) is 0 Å². The molecule has 2 aromatic carbocycles. The van der Waals surface area contributed by atoms with Crippen molar-refractivity contribution in [2.75, 3.05) is 11.9 Å². The van der Waals surface area contributed by atoms with Gasteiger partial charge in [-0.3, -0.25) is 0 Å². The third kappa shape index (κ3) is 2.66. The average molecular weight is 297 g/mol. The lowest BCUT2D eigenvalue weighted by Crippen LogP contribution is -2.24. The van der Waals surface area contributed by atoms with E-state index >= 15 is 0 Å². The van der Waals surface area contributed by atoms with Gasteiger partial charge in [0, 0.05) is 12.0 Å². The fraction of sp³-hybridized carbons (Fsp3) is 0.200. The molecule has 1 N–H and O–H groups in total. The normalized spacial score (nSPS) is 16.5. The number of fused-ring (bicyclic) bond motifs is 1. The first kappa shape index (κ1) is 13.7. The van der Waals surface area contributed by atoms with Gasteiger partial charge in [0.2, 0.25) is 0 Å². The molecule has 3 rings (SSSR count). The fourth-order valence-corrected chi connectivity index (χ4v) is 2.29. The van der Waals surface area contributed by atoms with Gasteiger partial charge < -0.3 is 10.1 Å². The van der Waals surface area contributed by atoms with Crippen LogP contribution in [0.5, 0.6) is 5.75 Å². The molecule has 1 atom stereocenters. The third-order valence-corrected chi connectivity index (χ3v) is 3.32. The summed E-state index contributed by atoms with van der Waals surface area (Å²) < 4.78 is 58.0. The minimum absolute atomic E-state index is 0.139. The third-order valence-electron chi connectivity index (χ3n) is 3.32. The van der Waals surface area contributed by atoms with Gasteiger partial charge in [-0.15, -0.1) is 0 Å². The van der Waals surface area contributed by atoms with Crippen molar-refractivity contribution in [1.82, 2.24) is 0 Å². The minimum Gasteiger partial charge on any atom is -0.488 e. The quantitative estimate of drug-likeness (QED) is 0.689. The second kappa shape index (κ2) is 5.27. The van der Waals surface area contributed by atoms with Crippen molar-refractivity contribution >= 4 is 5.69 Å². The SMILES string of the molecule is Fc1ccc2c(c1)CC(CNc1ccc(F)c(F)c1F)O2. The van der Waals surface area contributed by atoms with E-state index in [4.69, 9.17) is 4.74 Å². The molecular formula is C15H11F4NO. The maximum Gasteiger partial charge on any atom is 0.196 e. The van der Waals surface area contributed by atoms with Crippen LogP contribution in [-0.4, -0.2) is 12.6 Å². The van der Waals surface area contributed by atoms with Crippen LogP contribution in [0.15, 0.2) is 30.3 Å². The summed E-state index contributed by atoms with van der Waals surface area (Å²) in [5.74, 6) is -3.79. The second-order valence-corrected chi connectivity index (χ2v) is 4.80. The maximum atomic E-state index is 13.5. The molecule has 6 heteroatoms. The van der Waals surface area contributed by atoms with E-state index in [9.17, 15) is 17.6 Å². The summed E-state index contributed by atoms with van der Waals surface area (Å²) in [7, 11) is 0. The van der Waals surface area contributed by atoms with Gasteiger partial charge in [0.15, 0.2) is 17.5 Å². The Kier molecular flexibility index (Phi) is 3.45. The second-order valence-electron chi connectivity index (χ2n) is 4.80. The van der Waals surface area contributed by atoms with Crippen LogP contribution in [0.2, 0.25) is 0 Å². The molecule has 0 spiro atoms. The molecule has 0 fully saturated rings. The molecule has 1 unspecified atom stereocenters. The predicted octanol–water partition coefficient (Wildman–Crippen LogP) is 3.66. The molecule has 0 saturated carbocycles. The lowest BCUT2D eigenvalue weighted by Gasteiger charge is -2.13. The standard InChI is InChI=1S/C15H11F4NO/c16-9-1-4-13-8(5-9)6-10(21-13)7-20-12-3-2-11(17)14(18)15(12)19/h1-5,10,20H,6-7H2. The van der Waals surface area contributed by atoms with Crippen LogP contribution in [-0.2, 0) is 6.42 Å². The van der Waals surface area contributed by atoms with Crippen LogP contribution in [0.3, 0.4) is 0 Å². The Bertz CT molecular complexity index is 690. The highest BCUT2D eigenvalue weighted by molar-refractivity contribution is 5.46. The van der Waals surface area contributed by atoms with Crippen molar-refractivity contribution in [3.05, 3.63) is 59.2 Å². The summed E-state index contributed by atoms with van der Waals surface area (Å²) in [5, 5.41) is 2.67. The molecule has 0 radical (unpaired) electrons. The Morgan fingerprint density at radius 3 is 2.67 bits per heavy atom. The highest BCUT2D eigenvalue weighted by Gasteiger charge is 2.23. The molecule has 0 bridgehead atoms. The van der Waals surface area contributed by atoms with E-state index in [0.717, 1.165) is 17.7 Å². The van der Waals surface area contributed by atoms with E-state index in [2.05, 4.69) is 5.32 Å². The Morgan fingerprint density at radius 1 is 1.05 bits per heavy atom. The molecule has 2 nitrogen and oxygen atoms in total. The molecule has 1 heterocycles.